The number of rotatable bonds is 6. The first-order valence-corrected chi connectivity index (χ1v) is 5.83. The minimum absolute atomic E-state index is 0.257. The quantitative estimate of drug-likeness (QED) is 0.748. The molecule has 0 saturated carbocycles. The zero-order valence-corrected chi connectivity index (χ0v) is 10.8. The van der Waals surface area contributed by atoms with Crippen LogP contribution in [0.2, 0.25) is 0 Å². The minimum Gasteiger partial charge on any atom is -0.496 e. The van der Waals surface area contributed by atoms with Crippen LogP contribution < -0.4 is 10.5 Å². The van der Waals surface area contributed by atoms with E-state index in [1.165, 1.54) is 4.90 Å². The average Bonchev–Trinajstić information content (AvgIpc) is 2.43. The first kappa shape index (κ1) is 14.5. The van der Waals surface area contributed by atoms with Crippen LogP contribution >= 0.6 is 0 Å². The predicted molar refractivity (Wildman–Crippen MR) is 69.4 cm³/mol. The molecule has 0 spiro atoms. The number of ether oxygens (including phenoxy) is 1. The van der Waals surface area contributed by atoms with Crippen molar-refractivity contribution in [1.82, 2.24) is 4.90 Å². The molecule has 0 fully saturated rings. The highest BCUT2D eigenvalue weighted by Gasteiger charge is 2.16. The first-order chi connectivity index (χ1) is 8.60. The molecule has 0 aliphatic heterocycles. The Balaban J connectivity index is 2.57. The summed E-state index contributed by atoms with van der Waals surface area (Å²) in [4.78, 5) is 13.2. The van der Waals surface area contributed by atoms with Crippen molar-refractivity contribution in [2.24, 2.45) is 5.73 Å². The number of para-hydroxylation sites is 1. The molecular weight excluding hydrogens is 232 g/mol. The fraction of sp³-hybridized carbons (Fsp3) is 0.462. The first-order valence-electron chi connectivity index (χ1n) is 5.83. The SMILES string of the molecule is COc1ccccc1CCN(C)C(=O)C(N)CO. The third-order valence-electron chi connectivity index (χ3n) is 2.80. The molecule has 1 atom stereocenters. The van der Waals surface area contributed by atoms with E-state index < -0.39 is 6.04 Å². The molecule has 1 amide bonds. The standard InChI is InChI=1S/C13H20N2O3/c1-15(13(17)11(14)9-16)8-7-10-5-3-4-6-12(10)18-2/h3-6,11,16H,7-9,14H2,1-2H3. The molecule has 0 saturated heterocycles. The van der Waals surface area contributed by atoms with Crippen molar-refractivity contribution in [2.75, 3.05) is 27.3 Å². The second-order valence-corrected chi connectivity index (χ2v) is 4.11. The number of hydrogen-bond donors (Lipinski definition) is 2. The van der Waals surface area contributed by atoms with Gasteiger partial charge in [0.15, 0.2) is 0 Å². The molecule has 5 nitrogen and oxygen atoms in total. The molecular formula is C13H20N2O3. The number of carbonyl (C=O) groups excluding carboxylic acids is 1. The van der Waals surface area contributed by atoms with Crippen LogP contribution in [0, 0.1) is 0 Å². The Labute approximate surface area is 107 Å². The van der Waals surface area contributed by atoms with Crippen molar-refractivity contribution in [2.45, 2.75) is 12.5 Å². The van der Waals surface area contributed by atoms with Crippen LogP contribution in [0.3, 0.4) is 0 Å². The van der Waals surface area contributed by atoms with Crippen LogP contribution in [0.4, 0.5) is 0 Å². The van der Waals surface area contributed by atoms with Gasteiger partial charge in [0.25, 0.3) is 0 Å². The topological polar surface area (TPSA) is 75.8 Å². The maximum Gasteiger partial charge on any atom is 0.241 e. The lowest BCUT2D eigenvalue weighted by molar-refractivity contribution is -0.132. The van der Waals surface area contributed by atoms with Gasteiger partial charge in [0.2, 0.25) is 5.91 Å². The Hall–Kier alpha value is -1.59. The van der Waals surface area contributed by atoms with E-state index in [4.69, 9.17) is 15.6 Å². The monoisotopic (exact) mass is 252 g/mol. The Morgan fingerprint density at radius 2 is 2.17 bits per heavy atom. The molecule has 0 aromatic heterocycles. The summed E-state index contributed by atoms with van der Waals surface area (Å²) in [6.07, 6.45) is 0.685. The summed E-state index contributed by atoms with van der Waals surface area (Å²) in [5, 5.41) is 8.83. The van der Waals surface area contributed by atoms with Gasteiger partial charge in [-0.25, -0.2) is 0 Å². The Morgan fingerprint density at radius 1 is 1.50 bits per heavy atom. The number of nitrogens with zero attached hydrogens (tertiary/aromatic N) is 1. The summed E-state index contributed by atoms with van der Waals surface area (Å²) in [5.74, 6) is 0.553. The third kappa shape index (κ3) is 3.72. The number of methoxy groups -OCH3 is 1. The van der Waals surface area contributed by atoms with E-state index in [-0.39, 0.29) is 12.5 Å². The molecule has 0 aliphatic rings. The van der Waals surface area contributed by atoms with Crippen molar-refractivity contribution in [3.05, 3.63) is 29.8 Å². The molecule has 0 bridgehead atoms. The van der Waals surface area contributed by atoms with E-state index in [1.807, 2.05) is 24.3 Å². The normalized spacial score (nSPS) is 12.0. The molecule has 1 unspecified atom stereocenters. The fourth-order valence-electron chi connectivity index (χ4n) is 1.67. The molecule has 100 valence electrons. The van der Waals surface area contributed by atoms with E-state index in [0.717, 1.165) is 11.3 Å². The second-order valence-electron chi connectivity index (χ2n) is 4.11. The lowest BCUT2D eigenvalue weighted by atomic mass is 10.1. The van der Waals surface area contributed by atoms with Gasteiger partial charge in [-0.15, -0.1) is 0 Å². The highest BCUT2D eigenvalue weighted by Crippen LogP contribution is 2.17. The van der Waals surface area contributed by atoms with Gasteiger partial charge in [-0.05, 0) is 18.1 Å². The minimum atomic E-state index is -0.840. The molecule has 1 aromatic rings. The lowest BCUT2D eigenvalue weighted by Gasteiger charge is -2.20. The van der Waals surface area contributed by atoms with Gasteiger partial charge in [-0.3, -0.25) is 4.79 Å². The van der Waals surface area contributed by atoms with Gasteiger partial charge >= 0.3 is 0 Å². The van der Waals surface area contributed by atoms with Gasteiger partial charge in [0.05, 0.1) is 13.7 Å². The van der Waals surface area contributed by atoms with Crippen molar-refractivity contribution in [1.29, 1.82) is 0 Å². The number of benzene rings is 1. The highest BCUT2D eigenvalue weighted by atomic mass is 16.5. The lowest BCUT2D eigenvalue weighted by Crippen LogP contribution is -2.44. The van der Waals surface area contributed by atoms with E-state index in [1.54, 1.807) is 14.2 Å². The van der Waals surface area contributed by atoms with Crippen LogP contribution in [0.1, 0.15) is 5.56 Å². The van der Waals surface area contributed by atoms with E-state index in [2.05, 4.69) is 0 Å². The van der Waals surface area contributed by atoms with Crippen molar-refractivity contribution in [3.63, 3.8) is 0 Å². The maximum absolute atomic E-state index is 11.7. The van der Waals surface area contributed by atoms with Gasteiger partial charge in [0.1, 0.15) is 11.8 Å². The van der Waals surface area contributed by atoms with Gasteiger partial charge in [-0.2, -0.15) is 0 Å². The van der Waals surface area contributed by atoms with Crippen molar-refractivity contribution < 1.29 is 14.6 Å². The second kappa shape index (κ2) is 6.98. The highest BCUT2D eigenvalue weighted by molar-refractivity contribution is 5.81. The zero-order chi connectivity index (χ0) is 13.5. The van der Waals surface area contributed by atoms with Gasteiger partial charge in [0, 0.05) is 13.6 Å². The number of nitrogens with two attached hydrogens (primary N) is 1. The number of carbonyl (C=O) groups is 1. The summed E-state index contributed by atoms with van der Waals surface area (Å²) in [7, 11) is 3.29. The summed E-state index contributed by atoms with van der Waals surface area (Å²) in [6, 6.07) is 6.84. The smallest absolute Gasteiger partial charge is 0.241 e. The molecule has 1 rings (SSSR count). The molecule has 5 heteroatoms. The summed E-state index contributed by atoms with van der Waals surface area (Å²) in [6.45, 7) is 0.199. The maximum atomic E-state index is 11.7. The van der Waals surface area contributed by atoms with Crippen LogP contribution in [-0.2, 0) is 11.2 Å². The molecule has 3 N–H and O–H groups in total. The Kier molecular flexibility index (Phi) is 5.61. The molecule has 0 heterocycles. The van der Waals surface area contributed by atoms with Crippen LogP contribution in [0.15, 0.2) is 24.3 Å². The number of aliphatic hydroxyl groups is 1. The number of hydrogen-bond acceptors (Lipinski definition) is 4. The molecule has 18 heavy (non-hydrogen) atoms. The fourth-order valence-corrected chi connectivity index (χ4v) is 1.67. The van der Waals surface area contributed by atoms with Crippen LogP contribution in [0.5, 0.6) is 5.75 Å². The summed E-state index contributed by atoms with van der Waals surface area (Å²) >= 11 is 0. The third-order valence-corrected chi connectivity index (χ3v) is 2.80. The Bertz CT molecular complexity index is 396. The van der Waals surface area contributed by atoms with Crippen molar-refractivity contribution >= 4 is 5.91 Å². The van der Waals surface area contributed by atoms with Gasteiger partial charge in [-0.1, -0.05) is 18.2 Å². The van der Waals surface area contributed by atoms with E-state index >= 15 is 0 Å². The molecule has 0 radical (unpaired) electrons. The summed E-state index contributed by atoms with van der Waals surface area (Å²) < 4.78 is 5.24. The zero-order valence-electron chi connectivity index (χ0n) is 10.8. The molecule has 1 aromatic carbocycles. The number of aliphatic hydroxyl groups excluding tert-OH is 1. The van der Waals surface area contributed by atoms with E-state index in [9.17, 15) is 4.79 Å². The summed E-state index contributed by atoms with van der Waals surface area (Å²) in [5.41, 5.74) is 6.52. The van der Waals surface area contributed by atoms with Crippen LogP contribution in [-0.4, -0.2) is 49.3 Å². The average molecular weight is 252 g/mol. The largest absolute Gasteiger partial charge is 0.496 e. The number of likely N-dealkylation sites (N-methyl/N-ethyl adjacent to an activating group) is 1. The van der Waals surface area contributed by atoms with E-state index in [0.29, 0.717) is 13.0 Å². The molecule has 0 aliphatic carbocycles. The van der Waals surface area contributed by atoms with Gasteiger partial charge < -0.3 is 20.5 Å². The Morgan fingerprint density at radius 3 is 2.78 bits per heavy atom. The predicted octanol–water partition coefficient (Wildman–Crippen LogP) is 0.0157. The van der Waals surface area contributed by atoms with Crippen molar-refractivity contribution in [3.8, 4) is 5.75 Å². The van der Waals surface area contributed by atoms with Crippen LogP contribution in [0.25, 0.3) is 0 Å². The number of amides is 1.